The Hall–Kier alpha value is -2.56. The van der Waals surface area contributed by atoms with E-state index in [0.29, 0.717) is 0 Å². The summed E-state index contributed by atoms with van der Waals surface area (Å²) in [4.78, 5) is 23.3. The van der Waals surface area contributed by atoms with Gasteiger partial charge in [-0.05, 0) is 37.1 Å². The van der Waals surface area contributed by atoms with Crippen molar-refractivity contribution in [1.82, 2.24) is 0 Å². The molecule has 20 heavy (non-hydrogen) atoms. The van der Waals surface area contributed by atoms with Gasteiger partial charge in [-0.1, -0.05) is 12.1 Å². The molecule has 5 heteroatoms. The number of nitrogens with one attached hydrogen (secondary N) is 1. The molecule has 0 atom stereocenters. The molecule has 0 unspecified atom stereocenters. The van der Waals surface area contributed by atoms with Gasteiger partial charge in [0.2, 0.25) is 0 Å². The third-order valence-corrected chi connectivity index (χ3v) is 2.76. The first kappa shape index (κ1) is 13.9. The summed E-state index contributed by atoms with van der Waals surface area (Å²) in [5.74, 6) is -0.967. The number of furan rings is 1. The van der Waals surface area contributed by atoms with Crippen molar-refractivity contribution in [1.29, 1.82) is 0 Å². The number of carbonyl (C=O) groups is 2. The smallest absolute Gasteiger partial charge is 0.341 e. The van der Waals surface area contributed by atoms with Crippen LogP contribution in [0.1, 0.15) is 21.5 Å². The van der Waals surface area contributed by atoms with Crippen LogP contribution in [0.4, 0.5) is 5.69 Å². The molecular formula is C15H15NO4. The summed E-state index contributed by atoms with van der Waals surface area (Å²) >= 11 is 0. The fourth-order valence-corrected chi connectivity index (χ4v) is 1.65. The van der Waals surface area contributed by atoms with Crippen molar-refractivity contribution in [3.8, 4) is 0 Å². The fraction of sp³-hybridized carbons (Fsp3) is 0.200. The maximum atomic E-state index is 11.7. The average molecular weight is 273 g/mol. The summed E-state index contributed by atoms with van der Waals surface area (Å²) in [6.07, 6.45) is 2.64. The van der Waals surface area contributed by atoms with Crippen LogP contribution in [-0.2, 0) is 9.53 Å². The van der Waals surface area contributed by atoms with Gasteiger partial charge in [0.15, 0.2) is 6.61 Å². The number of esters is 1. The van der Waals surface area contributed by atoms with Crippen molar-refractivity contribution in [3.05, 3.63) is 53.5 Å². The minimum atomic E-state index is -0.588. The third kappa shape index (κ3) is 3.47. The van der Waals surface area contributed by atoms with Crippen molar-refractivity contribution < 1.29 is 18.7 Å². The van der Waals surface area contributed by atoms with Gasteiger partial charge in [0.05, 0.1) is 11.8 Å². The molecule has 0 saturated carbocycles. The van der Waals surface area contributed by atoms with Crippen molar-refractivity contribution in [2.75, 3.05) is 11.9 Å². The first-order valence-corrected chi connectivity index (χ1v) is 6.12. The number of amides is 1. The highest BCUT2D eigenvalue weighted by Crippen LogP contribution is 2.16. The van der Waals surface area contributed by atoms with E-state index in [9.17, 15) is 9.59 Å². The summed E-state index contributed by atoms with van der Waals surface area (Å²) in [7, 11) is 0. The molecule has 0 saturated heterocycles. The van der Waals surface area contributed by atoms with Gasteiger partial charge in [0.1, 0.15) is 6.26 Å². The molecule has 1 N–H and O–H groups in total. The molecule has 0 bridgehead atoms. The Bertz CT molecular complexity index is 617. The van der Waals surface area contributed by atoms with Gasteiger partial charge >= 0.3 is 5.97 Å². The second-order valence-corrected chi connectivity index (χ2v) is 4.45. The monoisotopic (exact) mass is 273 g/mol. The number of hydrogen-bond acceptors (Lipinski definition) is 4. The topological polar surface area (TPSA) is 68.5 Å². The standard InChI is InChI=1S/C15H15NO4/c1-10-3-4-11(2)13(7-10)16-14(17)9-20-15(18)12-5-6-19-8-12/h3-8H,9H2,1-2H3,(H,16,17). The summed E-state index contributed by atoms with van der Waals surface area (Å²) in [6, 6.07) is 7.22. The molecule has 0 fully saturated rings. The molecule has 2 aromatic rings. The first-order valence-electron chi connectivity index (χ1n) is 6.12. The maximum absolute atomic E-state index is 11.7. The summed E-state index contributed by atoms with van der Waals surface area (Å²) < 4.78 is 9.65. The van der Waals surface area contributed by atoms with Gasteiger partial charge in [-0.2, -0.15) is 0 Å². The van der Waals surface area contributed by atoms with E-state index < -0.39 is 5.97 Å². The van der Waals surface area contributed by atoms with E-state index in [0.717, 1.165) is 16.8 Å². The average Bonchev–Trinajstić information content (AvgIpc) is 2.94. The van der Waals surface area contributed by atoms with Gasteiger partial charge in [-0.25, -0.2) is 4.79 Å². The van der Waals surface area contributed by atoms with E-state index in [1.54, 1.807) is 0 Å². The summed E-state index contributed by atoms with van der Waals surface area (Å²) in [6.45, 7) is 3.50. The van der Waals surface area contributed by atoms with Crippen LogP contribution in [0.15, 0.2) is 41.2 Å². The van der Waals surface area contributed by atoms with Crippen LogP contribution in [-0.4, -0.2) is 18.5 Å². The third-order valence-electron chi connectivity index (χ3n) is 2.76. The molecule has 1 amide bonds. The number of aryl methyl sites for hydroxylation is 2. The predicted molar refractivity (Wildman–Crippen MR) is 73.5 cm³/mol. The lowest BCUT2D eigenvalue weighted by Gasteiger charge is -2.09. The zero-order valence-corrected chi connectivity index (χ0v) is 11.3. The van der Waals surface area contributed by atoms with E-state index in [2.05, 4.69) is 5.32 Å². The van der Waals surface area contributed by atoms with Crippen LogP contribution in [0, 0.1) is 13.8 Å². The maximum Gasteiger partial charge on any atom is 0.341 e. The molecule has 0 aliphatic carbocycles. The van der Waals surface area contributed by atoms with Gasteiger partial charge < -0.3 is 14.5 Å². The number of rotatable bonds is 4. The van der Waals surface area contributed by atoms with Gasteiger partial charge in [-0.15, -0.1) is 0 Å². The first-order chi connectivity index (χ1) is 9.56. The van der Waals surface area contributed by atoms with Crippen LogP contribution in [0.25, 0.3) is 0 Å². The molecule has 1 heterocycles. The predicted octanol–water partition coefficient (Wildman–Crippen LogP) is 2.69. The van der Waals surface area contributed by atoms with Crippen molar-refractivity contribution in [2.24, 2.45) is 0 Å². The highest BCUT2D eigenvalue weighted by molar-refractivity contribution is 5.95. The lowest BCUT2D eigenvalue weighted by molar-refractivity contribution is -0.119. The molecule has 1 aromatic heterocycles. The van der Waals surface area contributed by atoms with Gasteiger partial charge in [-0.3, -0.25) is 4.79 Å². The molecule has 1 aromatic carbocycles. The number of benzene rings is 1. The molecule has 0 aliphatic rings. The zero-order valence-electron chi connectivity index (χ0n) is 11.3. The van der Waals surface area contributed by atoms with Crippen LogP contribution in [0.3, 0.4) is 0 Å². The Morgan fingerprint density at radius 2 is 2.05 bits per heavy atom. The minimum Gasteiger partial charge on any atom is -0.472 e. The minimum absolute atomic E-state index is 0.282. The van der Waals surface area contributed by atoms with Gasteiger partial charge in [0.25, 0.3) is 5.91 Å². The zero-order chi connectivity index (χ0) is 14.5. The van der Waals surface area contributed by atoms with Crippen molar-refractivity contribution >= 4 is 17.6 Å². The number of hydrogen-bond donors (Lipinski definition) is 1. The molecule has 0 radical (unpaired) electrons. The Morgan fingerprint density at radius 1 is 1.25 bits per heavy atom. The second kappa shape index (κ2) is 6.06. The van der Waals surface area contributed by atoms with Gasteiger partial charge in [0, 0.05) is 5.69 Å². The fourth-order valence-electron chi connectivity index (χ4n) is 1.65. The summed E-state index contributed by atoms with van der Waals surface area (Å²) in [5, 5.41) is 2.71. The lowest BCUT2D eigenvalue weighted by atomic mass is 10.1. The molecule has 104 valence electrons. The van der Waals surface area contributed by atoms with Crippen molar-refractivity contribution in [2.45, 2.75) is 13.8 Å². The Morgan fingerprint density at radius 3 is 2.75 bits per heavy atom. The van der Waals surface area contributed by atoms with Crippen LogP contribution in [0.2, 0.25) is 0 Å². The van der Waals surface area contributed by atoms with E-state index in [1.807, 2.05) is 32.0 Å². The van der Waals surface area contributed by atoms with E-state index in [4.69, 9.17) is 9.15 Å². The largest absolute Gasteiger partial charge is 0.472 e. The lowest BCUT2D eigenvalue weighted by Crippen LogP contribution is -2.21. The Labute approximate surface area is 116 Å². The quantitative estimate of drug-likeness (QED) is 0.870. The van der Waals surface area contributed by atoms with E-state index >= 15 is 0 Å². The van der Waals surface area contributed by atoms with Crippen LogP contribution < -0.4 is 5.32 Å². The summed E-state index contributed by atoms with van der Waals surface area (Å²) in [5.41, 5.74) is 2.99. The molecule has 5 nitrogen and oxygen atoms in total. The SMILES string of the molecule is Cc1ccc(C)c(NC(=O)COC(=O)c2ccoc2)c1. The number of anilines is 1. The second-order valence-electron chi connectivity index (χ2n) is 4.45. The van der Waals surface area contributed by atoms with E-state index in [-0.39, 0.29) is 18.1 Å². The highest BCUT2D eigenvalue weighted by Gasteiger charge is 2.11. The molecule has 2 rings (SSSR count). The van der Waals surface area contributed by atoms with Crippen molar-refractivity contribution in [3.63, 3.8) is 0 Å². The Kier molecular flexibility index (Phi) is 4.20. The number of carbonyl (C=O) groups excluding carboxylic acids is 2. The van der Waals surface area contributed by atoms with Crippen LogP contribution >= 0.6 is 0 Å². The van der Waals surface area contributed by atoms with Crippen LogP contribution in [0.5, 0.6) is 0 Å². The molecular weight excluding hydrogens is 258 g/mol. The molecule has 0 spiro atoms. The van der Waals surface area contributed by atoms with E-state index in [1.165, 1.54) is 18.6 Å². The normalized spacial score (nSPS) is 10.1. The molecule has 0 aliphatic heterocycles. The highest BCUT2D eigenvalue weighted by atomic mass is 16.5. The Balaban J connectivity index is 1.90. The number of ether oxygens (including phenoxy) is 1.